The predicted octanol–water partition coefficient (Wildman–Crippen LogP) is 4.15. The van der Waals surface area contributed by atoms with Gasteiger partial charge in [-0.2, -0.15) is 0 Å². The number of nitrogens with one attached hydrogen (secondary N) is 3. The van der Waals surface area contributed by atoms with Crippen molar-refractivity contribution in [1.29, 1.82) is 5.41 Å². The van der Waals surface area contributed by atoms with Crippen LogP contribution < -0.4 is 16.4 Å². The van der Waals surface area contributed by atoms with E-state index < -0.39 is 5.92 Å². The van der Waals surface area contributed by atoms with Crippen LogP contribution in [0.15, 0.2) is 78.9 Å². The monoisotopic (exact) mass is 540 g/mol. The Bertz CT molecular complexity index is 1270. The van der Waals surface area contributed by atoms with Crippen molar-refractivity contribution >= 4 is 23.3 Å². The molecule has 0 unspecified atom stereocenters. The van der Waals surface area contributed by atoms with Crippen molar-refractivity contribution in [2.75, 3.05) is 6.54 Å². The van der Waals surface area contributed by atoms with E-state index in [1.165, 1.54) is 5.56 Å². The normalized spacial score (nSPS) is 12.3. The van der Waals surface area contributed by atoms with Crippen LogP contribution >= 0.6 is 0 Å². The van der Waals surface area contributed by atoms with Gasteiger partial charge in [0.05, 0.1) is 6.04 Å². The van der Waals surface area contributed by atoms with Crippen LogP contribution in [0.25, 0.3) is 0 Å². The zero-order valence-corrected chi connectivity index (χ0v) is 23.4. The number of amides is 1. The number of benzene rings is 3. The lowest BCUT2D eigenvalue weighted by Gasteiger charge is -2.20. The summed E-state index contributed by atoms with van der Waals surface area (Å²) in [6.45, 7) is 4.34. The SMILES string of the molecule is CC(=O)Cc1ccc(CCN[C@H](CCc2ccccc2)C(=O)C[C@@H](C)C(=O)NCc2ccc(C(=N)N)cc2)cc1. The molecule has 7 heteroatoms. The Morgan fingerprint density at radius 1 is 0.825 bits per heavy atom. The first-order valence-electron chi connectivity index (χ1n) is 13.8. The molecular formula is C33H40N4O3. The van der Waals surface area contributed by atoms with Gasteiger partial charge >= 0.3 is 0 Å². The summed E-state index contributed by atoms with van der Waals surface area (Å²) in [5, 5.41) is 13.8. The van der Waals surface area contributed by atoms with Crippen LogP contribution in [-0.2, 0) is 40.2 Å². The fourth-order valence-electron chi connectivity index (χ4n) is 4.54. The molecule has 3 rings (SSSR count). The second-order valence-electron chi connectivity index (χ2n) is 10.4. The van der Waals surface area contributed by atoms with Gasteiger partial charge < -0.3 is 16.4 Å². The molecule has 0 radical (unpaired) electrons. The highest BCUT2D eigenvalue weighted by Gasteiger charge is 2.23. The molecule has 0 saturated carbocycles. The van der Waals surface area contributed by atoms with Crippen molar-refractivity contribution < 1.29 is 14.4 Å². The fraction of sp³-hybridized carbons (Fsp3) is 0.333. The van der Waals surface area contributed by atoms with Gasteiger partial charge in [0.25, 0.3) is 0 Å². The summed E-state index contributed by atoms with van der Waals surface area (Å²) in [7, 11) is 0. The van der Waals surface area contributed by atoms with Crippen LogP contribution in [0.1, 0.15) is 54.5 Å². The van der Waals surface area contributed by atoms with Crippen LogP contribution in [0, 0.1) is 11.3 Å². The molecule has 2 atom stereocenters. The summed E-state index contributed by atoms with van der Waals surface area (Å²) in [4.78, 5) is 37.4. The van der Waals surface area contributed by atoms with E-state index in [1.54, 1.807) is 26.0 Å². The highest BCUT2D eigenvalue weighted by molar-refractivity contribution is 5.95. The molecule has 1 amide bonds. The van der Waals surface area contributed by atoms with Crippen LogP contribution in [0.2, 0.25) is 0 Å². The van der Waals surface area contributed by atoms with Crippen LogP contribution in [0.5, 0.6) is 0 Å². The molecule has 210 valence electrons. The molecule has 0 aliphatic rings. The van der Waals surface area contributed by atoms with Crippen molar-refractivity contribution in [3.63, 3.8) is 0 Å². The first-order chi connectivity index (χ1) is 19.2. The molecule has 5 N–H and O–H groups in total. The molecular weight excluding hydrogens is 500 g/mol. The fourth-order valence-corrected chi connectivity index (χ4v) is 4.54. The minimum Gasteiger partial charge on any atom is -0.384 e. The van der Waals surface area contributed by atoms with Crippen molar-refractivity contribution in [3.05, 3.63) is 107 Å². The number of rotatable bonds is 16. The summed E-state index contributed by atoms with van der Waals surface area (Å²) < 4.78 is 0. The largest absolute Gasteiger partial charge is 0.384 e. The maximum Gasteiger partial charge on any atom is 0.223 e. The van der Waals surface area contributed by atoms with Crippen molar-refractivity contribution in [2.24, 2.45) is 11.7 Å². The van der Waals surface area contributed by atoms with E-state index in [-0.39, 0.29) is 35.8 Å². The van der Waals surface area contributed by atoms with Crippen LogP contribution in [0.4, 0.5) is 0 Å². The first-order valence-corrected chi connectivity index (χ1v) is 13.8. The summed E-state index contributed by atoms with van der Waals surface area (Å²) in [6, 6.07) is 24.9. The second kappa shape index (κ2) is 15.5. The maximum atomic E-state index is 13.3. The zero-order chi connectivity index (χ0) is 28.9. The third-order valence-electron chi connectivity index (χ3n) is 6.92. The smallest absolute Gasteiger partial charge is 0.223 e. The summed E-state index contributed by atoms with van der Waals surface area (Å²) in [6.07, 6.45) is 2.76. The standard InChI is InChI=1S/C33H40N4O3/c1-23(33(40)37-22-28-12-15-29(16-13-28)32(34)35)20-31(39)30(17-14-25-6-4-3-5-7-25)36-19-18-26-8-10-27(11-9-26)21-24(2)38/h3-13,15-16,23,30,36H,14,17-22H2,1-2H3,(H3,34,35)(H,37,40)/t23-,30-/m1/s1. The van der Waals surface area contributed by atoms with Gasteiger partial charge in [0.1, 0.15) is 11.6 Å². The Morgan fingerprint density at radius 3 is 2.05 bits per heavy atom. The molecule has 0 aliphatic heterocycles. The van der Waals surface area contributed by atoms with E-state index in [0.29, 0.717) is 31.5 Å². The van der Waals surface area contributed by atoms with Crippen LogP contribution in [0.3, 0.4) is 0 Å². The van der Waals surface area contributed by atoms with E-state index in [1.807, 2.05) is 54.6 Å². The predicted molar refractivity (Wildman–Crippen MR) is 159 cm³/mol. The molecule has 3 aromatic rings. The topological polar surface area (TPSA) is 125 Å². The number of amidine groups is 1. The lowest BCUT2D eigenvalue weighted by Crippen LogP contribution is -2.40. The summed E-state index contributed by atoms with van der Waals surface area (Å²) >= 11 is 0. The van der Waals surface area contributed by atoms with E-state index in [2.05, 4.69) is 22.8 Å². The Balaban J connectivity index is 1.54. The second-order valence-corrected chi connectivity index (χ2v) is 10.4. The first kappa shape index (κ1) is 30.4. The van der Waals surface area contributed by atoms with Gasteiger partial charge in [-0.25, -0.2) is 0 Å². The zero-order valence-electron chi connectivity index (χ0n) is 23.4. The van der Waals surface area contributed by atoms with Gasteiger partial charge in [-0.3, -0.25) is 19.8 Å². The molecule has 40 heavy (non-hydrogen) atoms. The lowest BCUT2D eigenvalue weighted by molar-refractivity contribution is -0.129. The van der Waals surface area contributed by atoms with Gasteiger partial charge in [-0.1, -0.05) is 85.8 Å². The third kappa shape index (κ3) is 10.2. The number of hydrogen-bond donors (Lipinski definition) is 4. The number of nitrogens with two attached hydrogens (primary N) is 1. The highest BCUT2D eigenvalue weighted by Crippen LogP contribution is 2.13. The van der Waals surface area contributed by atoms with E-state index in [4.69, 9.17) is 11.1 Å². The minimum atomic E-state index is -0.459. The Hall–Kier alpha value is -4.10. The van der Waals surface area contributed by atoms with Crippen molar-refractivity contribution in [2.45, 2.75) is 58.5 Å². The molecule has 3 aromatic carbocycles. The third-order valence-corrected chi connectivity index (χ3v) is 6.92. The molecule has 7 nitrogen and oxygen atoms in total. The molecule has 0 spiro atoms. The number of nitrogen functional groups attached to an aromatic ring is 1. The average Bonchev–Trinajstić information content (AvgIpc) is 2.94. The molecule has 0 fully saturated rings. The van der Waals surface area contributed by atoms with Gasteiger partial charge in [0, 0.05) is 30.9 Å². The van der Waals surface area contributed by atoms with E-state index >= 15 is 0 Å². The molecule has 0 heterocycles. The maximum absolute atomic E-state index is 13.3. The number of ketones is 2. The number of carbonyl (C=O) groups is 3. The van der Waals surface area contributed by atoms with Crippen molar-refractivity contribution in [1.82, 2.24) is 10.6 Å². The Morgan fingerprint density at radius 2 is 1.43 bits per heavy atom. The molecule has 0 saturated heterocycles. The van der Waals surface area contributed by atoms with Crippen molar-refractivity contribution in [3.8, 4) is 0 Å². The van der Waals surface area contributed by atoms with E-state index in [0.717, 1.165) is 29.5 Å². The number of hydrogen-bond acceptors (Lipinski definition) is 5. The number of aryl methyl sites for hydroxylation is 1. The Labute approximate surface area is 237 Å². The van der Waals surface area contributed by atoms with Gasteiger partial charge in [0.15, 0.2) is 5.78 Å². The Kier molecular flexibility index (Phi) is 11.8. The van der Waals surface area contributed by atoms with Gasteiger partial charge in [0.2, 0.25) is 5.91 Å². The lowest BCUT2D eigenvalue weighted by atomic mass is 9.95. The van der Waals surface area contributed by atoms with E-state index in [9.17, 15) is 14.4 Å². The number of Topliss-reactive ketones (excluding diaryl/α,β-unsaturated/α-hetero) is 2. The summed E-state index contributed by atoms with van der Waals surface area (Å²) in [5.74, 6) is -0.461. The quantitative estimate of drug-likeness (QED) is 0.160. The minimum absolute atomic E-state index is 0.000666. The highest BCUT2D eigenvalue weighted by atomic mass is 16.2. The van der Waals surface area contributed by atoms with Crippen LogP contribution in [-0.4, -0.2) is 35.9 Å². The number of carbonyl (C=O) groups excluding carboxylic acids is 3. The molecule has 0 aromatic heterocycles. The average molecular weight is 541 g/mol. The molecule has 0 bridgehead atoms. The molecule has 0 aliphatic carbocycles. The summed E-state index contributed by atoms with van der Waals surface area (Å²) in [5.41, 5.74) is 10.3. The van der Waals surface area contributed by atoms with Gasteiger partial charge in [-0.15, -0.1) is 0 Å². The van der Waals surface area contributed by atoms with Gasteiger partial charge in [-0.05, 0) is 55.0 Å².